The summed E-state index contributed by atoms with van der Waals surface area (Å²) in [6.45, 7) is 17.1. The van der Waals surface area contributed by atoms with Crippen molar-refractivity contribution in [2.24, 2.45) is 45.3 Å². The molecule has 6 nitrogen and oxygen atoms in total. The molecule has 1 spiro atoms. The van der Waals surface area contributed by atoms with Crippen molar-refractivity contribution in [3.63, 3.8) is 0 Å². The van der Waals surface area contributed by atoms with E-state index in [1.54, 1.807) is 0 Å². The number of hydrogen-bond donors (Lipinski definition) is 3. The number of aliphatic hydroxyl groups is 3. The molecule has 0 amide bonds. The van der Waals surface area contributed by atoms with E-state index < -0.39 is 34.9 Å². The van der Waals surface area contributed by atoms with Gasteiger partial charge in [-0.2, -0.15) is 0 Å². The first-order valence-electron chi connectivity index (χ1n) is 14.4. The van der Waals surface area contributed by atoms with E-state index in [-0.39, 0.29) is 46.6 Å². The maximum absolute atomic E-state index is 12.5. The third-order valence-corrected chi connectivity index (χ3v) is 13.2. The number of allylic oxidation sites excluding steroid dienone is 1. The number of esters is 1. The Hall–Kier alpha value is -1.21. The van der Waals surface area contributed by atoms with Gasteiger partial charge in [0.25, 0.3) is 0 Å². The summed E-state index contributed by atoms with van der Waals surface area (Å²) in [5.74, 6) is -0.791. The van der Waals surface area contributed by atoms with Crippen LogP contribution in [0.4, 0.5) is 0 Å². The normalized spacial score (nSPS) is 56.3. The summed E-state index contributed by atoms with van der Waals surface area (Å²) >= 11 is 0. The molecule has 0 unspecified atom stereocenters. The van der Waals surface area contributed by atoms with Crippen molar-refractivity contribution in [2.45, 2.75) is 118 Å². The molecule has 2 heterocycles. The van der Waals surface area contributed by atoms with Crippen LogP contribution < -0.4 is 0 Å². The van der Waals surface area contributed by atoms with Gasteiger partial charge >= 0.3 is 5.97 Å². The lowest BCUT2D eigenvalue weighted by atomic mass is 9.40. The van der Waals surface area contributed by atoms with Gasteiger partial charge in [-0.1, -0.05) is 53.2 Å². The molecule has 4 aliphatic carbocycles. The predicted octanol–water partition coefficient (Wildman–Crippen LogP) is 4.52. The van der Waals surface area contributed by atoms with Crippen LogP contribution in [0.1, 0.15) is 87.5 Å². The van der Waals surface area contributed by atoms with Crippen LogP contribution in [0.3, 0.4) is 0 Å². The van der Waals surface area contributed by atoms with E-state index in [0.29, 0.717) is 24.8 Å². The van der Waals surface area contributed by atoms with Gasteiger partial charge in [-0.25, -0.2) is 4.79 Å². The quantitative estimate of drug-likeness (QED) is 0.325. The lowest BCUT2D eigenvalue weighted by Gasteiger charge is -2.66. The Labute approximate surface area is 221 Å². The Bertz CT molecular complexity index is 1110. The number of fused-ring (bicyclic) bond motifs is 7. The summed E-state index contributed by atoms with van der Waals surface area (Å²) in [4.78, 5) is 12.5. The lowest BCUT2D eigenvalue weighted by molar-refractivity contribution is -0.262. The number of rotatable bonds is 0. The van der Waals surface area contributed by atoms with Crippen LogP contribution in [0, 0.1) is 45.3 Å². The zero-order valence-corrected chi connectivity index (χ0v) is 23.8. The SMILES string of the molecule is CC1=C(C)[C@@]2(C[C@@H](C)[C@H]3[C@H](C[C@@]4(C)[C@H]5C(=CC[C@]34C)[C@@]3(C)[C@H](O)C[C@@H](O)C(C)(C)[C@@H]3C[C@@H]5O)O2)OC1=O. The Morgan fingerprint density at radius 1 is 0.946 bits per heavy atom. The maximum Gasteiger partial charge on any atom is 0.336 e. The van der Waals surface area contributed by atoms with Gasteiger partial charge in [-0.15, -0.1) is 0 Å². The van der Waals surface area contributed by atoms with Gasteiger partial charge in [-0.3, -0.25) is 0 Å². The monoisotopic (exact) mass is 514 g/mol. The van der Waals surface area contributed by atoms with Crippen molar-refractivity contribution in [1.29, 1.82) is 0 Å². The first kappa shape index (κ1) is 26.0. The van der Waals surface area contributed by atoms with Crippen LogP contribution in [0.5, 0.6) is 0 Å². The van der Waals surface area contributed by atoms with E-state index in [4.69, 9.17) is 9.47 Å². The van der Waals surface area contributed by atoms with Crippen molar-refractivity contribution in [3.05, 3.63) is 22.8 Å². The molecule has 2 aliphatic heterocycles. The third kappa shape index (κ3) is 2.89. The Morgan fingerprint density at radius 2 is 1.62 bits per heavy atom. The highest BCUT2D eigenvalue weighted by Crippen LogP contribution is 2.74. The molecule has 37 heavy (non-hydrogen) atoms. The van der Waals surface area contributed by atoms with Gasteiger partial charge in [0.05, 0.1) is 24.4 Å². The summed E-state index contributed by atoms with van der Waals surface area (Å²) in [5, 5.41) is 34.3. The summed E-state index contributed by atoms with van der Waals surface area (Å²) in [5.41, 5.74) is 1.51. The van der Waals surface area contributed by atoms with Crippen molar-refractivity contribution in [3.8, 4) is 0 Å². The molecule has 206 valence electrons. The molecule has 0 aromatic rings. The summed E-state index contributed by atoms with van der Waals surface area (Å²) in [7, 11) is 0. The average Bonchev–Trinajstić information content (AvgIpc) is 3.15. The summed E-state index contributed by atoms with van der Waals surface area (Å²) < 4.78 is 12.8. The highest BCUT2D eigenvalue weighted by Gasteiger charge is 2.72. The number of ether oxygens (including phenoxy) is 2. The van der Waals surface area contributed by atoms with Crippen LogP contribution in [-0.2, 0) is 14.3 Å². The van der Waals surface area contributed by atoms with Gasteiger partial charge < -0.3 is 24.8 Å². The molecule has 3 N–H and O–H groups in total. The van der Waals surface area contributed by atoms with Crippen molar-refractivity contribution >= 4 is 5.97 Å². The molecule has 6 heteroatoms. The minimum atomic E-state index is -0.972. The second-order valence-corrected chi connectivity index (χ2v) is 14.9. The van der Waals surface area contributed by atoms with E-state index >= 15 is 0 Å². The first-order valence-corrected chi connectivity index (χ1v) is 14.4. The first-order chi connectivity index (χ1) is 17.0. The Balaban J connectivity index is 1.42. The molecule has 0 aromatic carbocycles. The fourth-order valence-corrected chi connectivity index (χ4v) is 10.7. The molecule has 6 rings (SSSR count). The third-order valence-electron chi connectivity index (χ3n) is 13.2. The minimum absolute atomic E-state index is 0.0139. The van der Waals surface area contributed by atoms with Crippen LogP contribution in [0.2, 0.25) is 0 Å². The molecule has 6 aliphatic rings. The summed E-state index contributed by atoms with van der Waals surface area (Å²) in [6, 6.07) is 0. The lowest BCUT2D eigenvalue weighted by Crippen LogP contribution is -2.65. The maximum atomic E-state index is 12.5. The standard InChI is InChI=1S/C31H46O6/c1-15-13-31(17(3)16(2)26(35)37-31)36-20-14-29(7)25-18(9-10-28(29,6)24(15)20)30(8)21(11-19(25)32)27(4,5)22(33)12-23(30)34/h9,15,19-25,32-34H,10-14H2,1-8H3/t15-,19+,20+,21+,22-,23-,24+,25+,28-,29+,30-,31-/m1/s1. The van der Waals surface area contributed by atoms with E-state index in [0.717, 1.165) is 18.4 Å². The number of carbonyl (C=O) groups excluding carboxylic acids is 1. The smallest absolute Gasteiger partial charge is 0.336 e. The second kappa shape index (κ2) is 7.50. The Kier molecular flexibility index (Phi) is 5.28. The minimum Gasteiger partial charge on any atom is -0.426 e. The Morgan fingerprint density at radius 3 is 2.24 bits per heavy atom. The topological polar surface area (TPSA) is 96.2 Å². The molecule has 4 fully saturated rings. The fourth-order valence-electron chi connectivity index (χ4n) is 10.7. The average molecular weight is 515 g/mol. The molecule has 3 saturated carbocycles. The highest BCUT2D eigenvalue weighted by molar-refractivity contribution is 5.92. The van der Waals surface area contributed by atoms with E-state index in [2.05, 4.69) is 47.6 Å². The van der Waals surface area contributed by atoms with Crippen LogP contribution in [-0.4, -0.2) is 51.5 Å². The fraction of sp³-hybridized carbons (Fsp3) is 0.839. The molecular weight excluding hydrogens is 468 g/mol. The predicted molar refractivity (Wildman–Crippen MR) is 139 cm³/mol. The van der Waals surface area contributed by atoms with Crippen molar-refractivity contribution in [2.75, 3.05) is 0 Å². The zero-order valence-electron chi connectivity index (χ0n) is 23.8. The van der Waals surface area contributed by atoms with Gasteiger partial charge in [0, 0.05) is 35.3 Å². The van der Waals surface area contributed by atoms with Crippen LogP contribution in [0.15, 0.2) is 22.8 Å². The van der Waals surface area contributed by atoms with Gasteiger partial charge in [0.15, 0.2) is 0 Å². The van der Waals surface area contributed by atoms with Crippen molar-refractivity contribution < 1.29 is 29.6 Å². The van der Waals surface area contributed by atoms with Crippen LogP contribution >= 0.6 is 0 Å². The van der Waals surface area contributed by atoms with Gasteiger partial charge in [0.1, 0.15) is 0 Å². The number of aliphatic hydroxyl groups excluding tert-OH is 3. The molecule has 12 atom stereocenters. The van der Waals surface area contributed by atoms with Crippen molar-refractivity contribution in [1.82, 2.24) is 0 Å². The number of carbonyl (C=O) groups is 1. The van der Waals surface area contributed by atoms with Crippen LogP contribution in [0.25, 0.3) is 0 Å². The number of hydrogen-bond acceptors (Lipinski definition) is 6. The molecule has 0 radical (unpaired) electrons. The van der Waals surface area contributed by atoms with E-state index in [1.165, 1.54) is 5.57 Å². The molecule has 1 saturated heterocycles. The van der Waals surface area contributed by atoms with E-state index in [9.17, 15) is 20.1 Å². The van der Waals surface area contributed by atoms with Gasteiger partial charge in [-0.05, 0) is 67.1 Å². The molecular formula is C31H46O6. The summed E-state index contributed by atoms with van der Waals surface area (Å²) in [6.07, 6.45) is 3.72. The highest BCUT2D eigenvalue weighted by atomic mass is 16.7. The largest absolute Gasteiger partial charge is 0.426 e. The second-order valence-electron chi connectivity index (χ2n) is 14.9. The van der Waals surface area contributed by atoms with E-state index in [1.807, 2.05) is 13.8 Å². The molecule has 0 aromatic heterocycles. The zero-order chi connectivity index (χ0) is 27.1. The molecule has 0 bridgehead atoms. The van der Waals surface area contributed by atoms with Gasteiger partial charge in [0.2, 0.25) is 5.79 Å².